The van der Waals surface area contributed by atoms with Crippen LogP contribution >= 0.6 is 11.8 Å². The van der Waals surface area contributed by atoms with E-state index in [1.54, 1.807) is 19.2 Å². The molecule has 0 atom stereocenters. The topological polar surface area (TPSA) is 26.3 Å². The fourth-order valence-corrected chi connectivity index (χ4v) is 1.98. The minimum atomic E-state index is -4.79. The van der Waals surface area contributed by atoms with Crippen LogP contribution in [0.1, 0.15) is 23.7 Å². The molecule has 0 aliphatic rings. The Morgan fingerprint density at radius 3 is 2.53 bits per heavy atom. The highest BCUT2D eigenvalue weighted by atomic mass is 32.2. The summed E-state index contributed by atoms with van der Waals surface area (Å²) in [7, 11) is 0. The minimum absolute atomic E-state index is 0.000162. The first-order valence-corrected chi connectivity index (χ1v) is 6.07. The van der Waals surface area contributed by atoms with Crippen LogP contribution in [-0.2, 0) is 0 Å². The second-order valence-corrected chi connectivity index (χ2v) is 4.01. The lowest BCUT2D eigenvalue weighted by Gasteiger charge is -2.14. The molecule has 0 aromatic heterocycles. The van der Waals surface area contributed by atoms with Gasteiger partial charge in [0, 0.05) is 11.3 Å². The zero-order valence-corrected chi connectivity index (χ0v) is 10.1. The van der Waals surface area contributed by atoms with Gasteiger partial charge in [0.05, 0.1) is 5.56 Å². The van der Waals surface area contributed by atoms with Crippen molar-refractivity contribution < 1.29 is 22.7 Å². The number of Topliss-reactive ketones (excluding diaryl/α,β-unsaturated/α-hetero) is 1. The highest BCUT2D eigenvalue weighted by Crippen LogP contribution is 2.33. The van der Waals surface area contributed by atoms with Crippen molar-refractivity contribution in [2.24, 2.45) is 0 Å². The van der Waals surface area contributed by atoms with Crippen molar-refractivity contribution in [3.05, 3.63) is 23.8 Å². The maximum atomic E-state index is 12.2. The number of benzene rings is 1. The van der Waals surface area contributed by atoms with Crippen LogP contribution in [0.5, 0.6) is 5.75 Å². The summed E-state index contributed by atoms with van der Waals surface area (Å²) in [4.78, 5) is 12.1. The van der Waals surface area contributed by atoms with Crippen LogP contribution in [0.15, 0.2) is 23.1 Å². The Hall–Kier alpha value is -1.17. The van der Waals surface area contributed by atoms with Crippen molar-refractivity contribution in [2.75, 3.05) is 6.26 Å². The summed E-state index contributed by atoms with van der Waals surface area (Å²) in [5.41, 5.74) is -0.000162. The third-order valence-electron chi connectivity index (χ3n) is 2.03. The lowest BCUT2D eigenvalue weighted by atomic mass is 10.1. The molecule has 0 aliphatic carbocycles. The van der Waals surface area contributed by atoms with Crippen LogP contribution in [0.3, 0.4) is 0 Å². The van der Waals surface area contributed by atoms with Gasteiger partial charge in [-0.15, -0.1) is 24.9 Å². The van der Waals surface area contributed by atoms with Crippen LogP contribution in [0.25, 0.3) is 0 Å². The van der Waals surface area contributed by atoms with Gasteiger partial charge >= 0.3 is 6.36 Å². The van der Waals surface area contributed by atoms with Gasteiger partial charge in [-0.3, -0.25) is 4.79 Å². The van der Waals surface area contributed by atoms with Crippen LogP contribution < -0.4 is 4.74 Å². The van der Waals surface area contributed by atoms with Gasteiger partial charge in [0.1, 0.15) is 5.75 Å². The first-order valence-electron chi connectivity index (χ1n) is 4.85. The molecule has 1 aromatic rings. The van der Waals surface area contributed by atoms with Crippen LogP contribution in [-0.4, -0.2) is 18.4 Å². The monoisotopic (exact) mass is 264 g/mol. The van der Waals surface area contributed by atoms with Gasteiger partial charge in [0.15, 0.2) is 5.78 Å². The van der Waals surface area contributed by atoms with E-state index in [4.69, 9.17) is 0 Å². The van der Waals surface area contributed by atoms with E-state index in [1.807, 2.05) is 0 Å². The Kier molecular flexibility index (Phi) is 4.45. The van der Waals surface area contributed by atoms with E-state index in [1.165, 1.54) is 17.8 Å². The molecule has 0 fully saturated rings. The second-order valence-electron chi connectivity index (χ2n) is 3.16. The third-order valence-corrected chi connectivity index (χ3v) is 2.81. The van der Waals surface area contributed by atoms with E-state index in [0.717, 1.165) is 6.07 Å². The van der Waals surface area contributed by atoms with Crippen LogP contribution in [0.4, 0.5) is 13.2 Å². The average molecular weight is 264 g/mol. The zero-order valence-electron chi connectivity index (χ0n) is 9.30. The Labute approximate surface area is 101 Å². The maximum Gasteiger partial charge on any atom is 0.573 e. The number of carbonyl (C=O) groups excluding carboxylic acids is 1. The molecule has 1 aromatic carbocycles. The molecule has 0 saturated heterocycles. The van der Waals surface area contributed by atoms with Crippen LogP contribution in [0, 0.1) is 0 Å². The standard InChI is InChI=1S/C11H11F3O2S/c1-3-7(15)10-8(16-11(12,13)14)5-4-6-9(10)17-2/h4-6H,3H2,1-2H3. The number of alkyl halides is 3. The summed E-state index contributed by atoms with van der Waals surface area (Å²) >= 11 is 1.21. The number of hydrogen-bond donors (Lipinski definition) is 0. The normalized spacial score (nSPS) is 11.4. The van der Waals surface area contributed by atoms with E-state index in [2.05, 4.69) is 4.74 Å². The fraction of sp³-hybridized carbons (Fsp3) is 0.364. The summed E-state index contributed by atoms with van der Waals surface area (Å²) in [5.74, 6) is -0.801. The Morgan fingerprint density at radius 2 is 2.06 bits per heavy atom. The molecular formula is C11H11F3O2S. The summed E-state index contributed by atoms with van der Waals surface area (Å²) in [6.45, 7) is 1.59. The predicted octanol–water partition coefficient (Wildman–Crippen LogP) is 3.90. The van der Waals surface area contributed by atoms with E-state index in [0.29, 0.717) is 4.90 Å². The largest absolute Gasteiger partial charge is 0.573 e. The van der Waals surface area contributed by atoms with Gasteiger partial charge in [-0.2, -0.15) is 0 Å². The van der Waals surface area contributed by atoms with E-state index in [9.17, 15) is 18.0 Å². The molecule has 17 heavy (non-hydrogen) atoms. The molecule has 6 heteroatoms. The predicted molar refractivity (Wildman–Crippen MR) is 59.5 cm³/mol. The highest BCUT2D eigenvalue weighted by Gasteiger charge is 2.33. The molecule has 0 aliphatic heterocycles. The second kappa shape index (κ2) is 5.44. The molecule has 0 heterocycles. The maximum absolute atomic E-state index is 12.2. The van der Waals surface area contributed by atoms with E-state index in [-0.39, 0.29) is 17.8 Å². The third kappa shape index (κ3) is 3.66. The van der Waals surface area contributed by atoms with Crippen molar-refractivity contribution in [3.63, 3.8) is 0 Å². The van der Waals surface area contributed by atoms with Crippen molar-refractivity contribution >= 4 is 17.5 Å². The van der Waals surface area contributed by atoms with Gasteiger partial charge < -0.3 is 4.74 Å². The molecule has 0 radical (unpaired) electrons. The van der Waals surface area contributed by atoms with Crippen LogP contribution in [0.2, 0.25) is 0 Å². The van der Waals surface area contributed by atoms with E-state index >= 15 is 0 Å². The van der Waals surface area contributed by atoms with Gasteiger partial charge in [-0.1, -0.05) is 13.0 Å². The molecule has 0 spiro atoms. The first kappa shape index (κ1) is 13.9. The molecule has 2 nitrogen and oxygen atoms in total. The fourth-order valence-electron chi connectivity index (χ4n) is 1.34. The molecule has 0 unspecified atom stereocenters. The zero-order chi connectivity index (χ0) is 13.1. The Morgan fingerprint density at radius 1 is 1.41 bits per heavy atom. The molecule has 1 rings (SSSR count). The van der Waals surface area contributed by atoms with Gasteiger partial charge in [-0.25, -0.2) is 0 Å². The van der Waals surface area contributed by atoms with Crippen molar-refractivity contribution in [1.82, 2.24) is 0 Å². The highest BCUT2D eigenvalue weighted by molar-refractivity contribution is 7.98. The number of ether oxygens (including phenoxy) is 1. The molecule has 0 saturated carbocycles. The number of carbonyl (C=O) groups is 1. The Balaban J connectivity index is 3.24. The van der Waals surface area contributed by atoms with Gasteiger partial charge in [0.25, 0.3) is 0 Å². The molecule has 94 valence electrons. The summed E-state index contributed by atoms with van der Waals surface area (Å²) < 4.78 is 40.4. The number of halogens is 3. The van der Waals surface area contributed by atoms with Crippen molar-refractivity contribution in [2.45, 2.75) is 24.6 Å². The first-order chi connectivity index (χ1) is 7.89. The lowest BCUT2D eigenvalue weighted by Crippen LogP contribution is -2.19. The van der Waals surface area contributed by atoms with Gasteiger partial charge in [-0.05, 0) is 18.4 Å². The van der Waals surface area contributed by atoms with Crippen molar-refractivity contribution in [3.8, 4) is 5.75 Å². The smallest absolute Gasteiger partial charge is 0.405 e. The molecule has 0 N–H and O–H groups in total. The molecule has 0 amide bonds. The summed E-state index contributed by atoms with van der Waals surface area (Å²) in [6, 6.07) is 4.17. The quantitative estimate of drug-likeness (QED) is 0.609. The molecule has 0 bridgehead atoms. The number of rotatable bonds is 4. The number of ketones is 1. The van der Waals surface area contributed by atoms with E-state index < -0.39 is 12.1 Å². The minimum Gasteiger partial charge on any atom is -0.405 e. The Bertz CT molecular complexity index is 416. The lowest BCUT2D eigenvalue weighted by molar-refractivity contribution is -0.274. The van der Waals surface area contributed by atoms with Crippen molar-refractivity contribution in [1.29, 1.82) is 0 Å². The molecular weight excluding hydrogens is 253 g/mol. The summed E-state index contributed by atoms with van der Waals surface area (Å²) in [6.07, 6.45) is -2.97. The number of thioether (sulfide) groups is 1. The SMILES string of the molecule is CCC(=O)c1c(OC(F)(F)F)cccc1SC. The average Bonchev–Trinajstić information content (AvgIpc) is 2.25. The number of hydrogen-bond acceptors (Lipinski definition) is 3. The van der Waals surface area contributed by atoms with Gasteiger partial charge in [0.2, 0.25) is 0 Å². The summed E-state index contributed by atoms with van der Waals surface area (Å²) in [5, 5.41) is 0.